The van der Waals surface area contributed by atoms with Crippen LogP contribution in [0.1, 0.15) is 12.8 Å². The molecule has 1 saturated heterocycles. The summed E-state index contributed by atoms with van der Waals surface area (Å²) in [5, 5.41) is 0. The molecule has 1 aliphatic heterocycles. The van der Waals surface area contributed by atoms with E-state index >= 15 is 0 Å². The van der Waals surface area contributed by atoms with Gasteiger partial charge < -0.3 is 9.53 Å². The predicted molar refractivity (Wildman–Crippen MR) is 32.0 cm³/mol. The summed E-state index contributed by atoms with van der Waals surface area (Å²) in [4.78, 5) is 10.3. The van der Waals surface area contributed by atoms with Gasteiger partial charge in [0.25, 0.3) is 0 Å². The zero-order valence-electron chi connectivity index (χ0n) is 5.30. The number of carbonyl (C=O) groups is 1. The van der Waals surface area contributed by atoms with Gasteiger partial charge in [-0.3, -0.25) is 0 Å². The number of rotatable bonds is 1. The molecule has 0 N–H and O–H groups in total. The Morgan fingerprint density at radius 2 is 2.56 bits per heavy atom. The molecular weight excluding hydrogens is 116 g/mol. The minimum Gasteiger partial charge on any atom is -0.381 e. The Balaban J connectivity index is 2.04. The van der Waals surface area contributed by atoms with Crippen molar-refractivity contribution in [2.75, 3.05) is 13.2 Å². The van der Waals surface area contributed by atoms with Crippen LogP contribution >= 0.6 is 0 Å². The average molecular weight is 126 g/mol. The van der Waals surface area contributed by atoms with Crippen LogP contribution in [0.2, 0.25) is 0 Å². The number of hydrogen-bond acceptors (Lipinski definition) is 2. The van der Waals surface area contributed by atoms with Gasteiger partial charge in [0.15, 0.2) is 0 Å². The van der Waals surface area contributed by atoms with Crippen LogP contribution in [0.15, 0.2) is 0 Å². The maximum Gasteiger partial charge on any atom is 0.123 e. The van der Waals surface area contributed by atoms with Gasteiger partial charge in [0, 0.05) is 17.9 Å². The second kappa shape index (κ2) is 1.57. The molecule has 2 nitrogen and oxygen atoms in total. The van der Waals surface area contributed by atoms with E-state index in [0.717, 1.165) is 32.3 Å². The maximum absolute atomic E-state index is 10.3. The Morgan fingerprint density at radius 1 is 1.67 bits per heavy atom. The second-order valence-electron chi connectivity index (χ2n) is 3.11. The second-order valence-corrected chi connectivity index (χ2v) is 3.11. The Kier molecular flexibility index (Phi) is 0.943. The van der Waals surface area contributed by atoms with Gasteiger partial charge in [-0.25, -0.2) is 0 Å². The summed E-state index contributed by atoms with van der Waals surface area (Å²) < 4.78 is 5.20. The van der Waals surface area contributed by atoms with Crippen molar-refractivity contribution < 1.29 is 9.53 Å². The molecule has 0 aromatic heterocycles. The lowest BCUT2D eigenvalue weighted by molar-refractivity contribution is -0.109. The first-order valence-electron chi connectivity index (χ1n) is 3.40. The average Bonchev–Trinajstić information content (AvgIpc) is 2.30. The molecule has 1 heterocycles. The Morgan fingerprint density at radius 3 is 3.00 bits per heavy atom. The van der Waals surface area contributed by atoms with Gasteiger partial charge in [-0.05, 0) is 12.8 Å². The van der Waals surface area contributed by atoms with Crippen molar-refractivity contribution in [1.29, 1.82) is 0 Å². The highest BCUT2D eigenvalue weighted by Gasteiger charge is 2.55. The molecule has 1 saturated carbocycles. The Labute approximate surface area is 54.2 Å². The van der Waals surface area contributed by atoms with Gasteiger partial charge in [0.05, 0.1) is 6.61 Å². The zero-order valence-corrected chi connectivity index (χ0v) is 5.30. The van der Waals surface area contributed by atoms with E-state index in [1.165, 1.54) is 0 Å². The monoisotopic (exact) mass is 126 g/mol. The van der Waals surface area contributed by atoms with Gasteiger partial charge in [-0.1, -0.05) is 0 Å². The van der Waals surface area contributed by atoms with Crippen LogP contribution in [0.3, 0.4) is 0 Å². The first-order chi connectivity index (χ1) is 4.37. The van der Waals surface area contributed by atoms with E-state index in [9.17, 15) is 4.79 Å². The van der Waals surface area contributed by atoms with Crippen molar-refractivity contribution in [2.24, 2.45) is 11.3 Å². The molecule has 2 unspecified atom stereocenters. The minimum atomic E-state index is 0.321. The minimum absolute atomic E-state index is 0.321. The molecule has 2 atom stereocenters. The first-order valence-corrected chi connectivity index (χ1v) is 3.40. The smallest absolute Gasteiger partial charge is 0.123 e. The van der Waals surface area contributed by atoms with Crippen molar-refractivity contribution in [3.05, 3.63) is 0 Å². The molecule has 0 aromatic carbocycles. The predicted octanol–water partition coefficient (Wildman–Crippen LogP) is 0.612. The topological polar surface area (TPSA) is 26.3 Å². The van der Waals surface area contributed by atoms with Crippen LogP contribution in [0, 0.1) is 11.3 Å². The van der Waals surface area contributed by atoms with Crippen LogP contribution in [-0.2, 0) is 9.53 Å². The van der Waals surface area contributed by atoms with Crippen molar-refractivity contribution in [3.63, 3.8) is 0 Å². The van der Waals surface area contributed by atoms with Crippen molar-refractivity contribution in [1.82, 2.24) is 0 Å². The van der Waals surface area contributed by atoms with Crippen LogP contribution in [0.4, 0.5) is 0 Å². The fourth-order valence-electron chi connectivity index (χ4n) is 1.65. The lowest BCUT2D eigenvalue weighted by atomic mass is 10.0. The summed E-state index contributed by atoms with van der Waals surface area (Å²) in [6.07, 6.45) is 3.27. The van der Waals surface area contributed by atoms with Crippen LogP contribution < -0.4 is 0 Å². The molecule has 0 aromatic rings. The molecule has 1 spiro atoms. The standard InChI is InChI=1S/C7H10O2/c8-4-6-3-7(6)1-2-9-5-7/h4,6H,1-3,5H2. The molecular formula is C7H10O2. The van der Waals surface area contributed by atoms with Crippen molar-refractivity contribution in [2.45, 2.75) is 12.8 Å². The summed E-state index contributed by atoms with van der Waals surface area (Å²) in [6.45, 7) is 1.70. The molecule has 2 aliphatic rings. The third kappa shape index (κ3) is 0.628. The molecule has 2 heteroatoms. The molecule has 50 valence electrons. The summed E-state index contributed by atoms with van der Waals surface area (Å²) in [7, 11) is 0. The van der Waals surface area contributed by atoms with Gasteiger partial charge >= 0.3 is 0 Å². The summed E-state index contributed by atoms with van der Waals surface area (Å²) in [5.41, 5.74) is 0.321. The van der Waals surface area contributed by atoms with E-state index in [0.29, 0.717) is 11.3 Å². The van der Waals surface area contributed by atoms with Crippen molar-refractivity contribution in [3.8, 4) is 0 Å². The zero-order chi connectivity index (χ0) is 6.32. The first kappa shape index (κ1) is 5.42. The van der Waals surface area contributed by atoms with Crippen LogP contribution in [0.25, 0.3) is 0 Å². The van der Waals surface area contributed by atoms with Crippen LogP contribution in [-0.4, -0.2) is 19.5 Å². The van der Waals surface area contributed by atoms with Crippen LogP contribution in [0.5, 0.6) is 0 Å². The molecule has 2 fully saturated rings. The van der Waals surface area contributed by atoms with E-state index in [1.54, 1.807) is 0 Å². The quantitative estimate of drug-likeness (QED) is 0.481. The molecule has 0 bridgehead atoms. The van der Waals surface area contributed by atoms with Gasteiger partial charge in [-0.15, -0.1) is 0 Å². The molecule has 1 aliphatic carbocycles. The summed E-state index contributed by atoms with van der Waals surface area (Å²) in [6, 6.07) is 0. The number of aldehydes is 1. The third-order valence-corrected chi connectivity index (χ3v) is 2.55. The van der Waals surface area contributed by atoms with Gasteiger partial charge in [0.2, 0.25) is 0 Å². The van der Waals surface area contributed by atoms with E-state index in [2.05, 4.69) is 0 Å². The maximum atomic E-state index is 10.3. The lowest BCUT2D eigenvalue weighted by Crippen LogP contribution is -2.02. The highest BCUT2D eigenvalue weighted by Crippen LogP contribution is 2.56. The Hall–Kier alpha value is -0.370. The van der Waals surface area contributed by atoms with E-state index < -0.39 is 0 Å². The molecule has 2 rings (SSSR count). The highest BCUT2D eigenvalue weighted by molar-refractivity contribution is 5.60. The fraction of sp³-hybridized carbons (Fsp3) is 0.857. The van der Waals surface area contributed by atoms with Gasteiger partial charge in [0.1, 0.15) is 6.29 Å². The number of hydrogen-bond donors (Lipinski definition) is 0. The fourth-order valence-corrected chi connectivity index (χ4v) is 1.65. The summed E-state index contributed by atoms with van der Waals surface area (Å²) in [5.74, 6) is 0.333. The van der Waals surface area contributed by atoms with Gasteiger partial charge in [-0.2, -0.15) is 0 Å². The normalized spacial score (nSPS) is 47.8. The lowest BCUT2D eigenvalue weighted by Gasteiger charge is -1.98. The van der Waals surface area contributed by atoms with E-state index in [1.807, 2.05) is 0 Å². The molecule has 0 amide bonds. The number of carbonyl (C=O) groups excluding carboxylic acids is 1. The Bertz CT molecular complexity index is 136. The van der Waals surface area contributed by atoms with E-state index in [4.69, 9.17) is 4.74 Å². The third-order valence-electron chi connectivity index (χ3n) is 2.55. The van der Waals surface area contributed by atoms with Crippen molar-refractivity contribution >= 4 is 6.29 Å². The van der Waals surface area contributed by atoms with E-state index in [-0.39, 0.29) is 0 Å². The number of ether oxygens (including phenoxy) is 1. The summed E-state index contributed by atoms with van der Waals surface area (Å²) >= 11 is 0. The molecule has 9 heavy (non-hydrogen) atoms. The highest BCUT2D eigenvalue weighted by atomic mass is 16.5. The SMILES string of the molecule is O=CC1CC12CCOC2. The largest absolute Gasteiger partial charge is 0.381 e. The molecule has 0 radical (unpaired) electrons.